The summed E-state index contributed by atoms with van der Waals surface area (Å²) >= 11 is 0. The van der Waals surface area contributed by atoms with E-state index in [4.69, 9.17) is 5.73 Å². The Morgan fingerprint density at radius 3 is 2.48 bits per heavy atom. The van der Waals surface area contributed by atoms with Crippen LogP contribution in [0.25, 0.3) is 11.2 Å². The third-order valence-electron chi connectivity index (χ3n) is 3.32. The summed E-state index contributed by atoms with van der Waals surface area (Å²) in [5.74, 6) is 0.821. The first-order valence-corrected chi connectivity index (χ1v) is 6.77. The van der Waals surface area contributed by atoms with Crippen LogP contribution >= 0.6 is 0 Å². The van der Waals surface area contributed by atoms with Gasteiger partial charge in [-0.3, -0.25) is 0 Å². The van der Waals surface area contributed by atoms with Gasteiger partial charge in [0.1, 0.15) is 5.52 Å². The fraction of sp³-hybridized carbons (Fsp3) is 0.267. The molecule has 0 atom stereocenters. The lowest BCUT2D eigenvalue weighted by molar-refractivity contribution is 0.590. The van der Waals surface area contributed by atoms with Gasteiger partial charge in [0.05, 0.1) is 6.33 Å². The molecule has 0 amide bonds. The monoisotopic (exact) mass is 282 g/mol. The molecule has 0 aliphatic rings. The molecule has 0 aliphatic heterocycles. The SMILES string of the molecule is CC(C)(C)c1ccc(Nc2nc(N)nc3nc[nH]c23)cc1. The Morgan fingerprint density at radius 2 is 1.81 bits per heavy atom. The van der Waals surface area contributed by atoms with E-state index in [9.17, 15) is 0 Å². The predicted molar refractivity (Wildman–Crippen MR) is 84.5 cm³/mol. The number of nitrogen functional groups attached to an aromatic ring is 1. The Labute approximate surface area is 122 Å². The van der Waals surface area contributed by atoms with Gasteiger partial charge in [-0.25, -0.2) is 4.98 Å². The number of imidazole rings is 1. The minimum Gasteiger partial charge on any atom is -0.368 e. The number of rotatable bonds is 2. The predicted octanol–water partition coefficient (Wildman–Crippen LogP) is 2.98. The van der Waals surface area contributed by atoms with Gasteiger partial charge in [0, 0.05) is 5.69 Å². The molecular formula is C15H18N6. The zero-order chi connectivity index (χ0) is 15.0. The highest BCUT2D eigenvalue weighted by Gasteiger charge is 2.13. The molecule has 0 fully saturated rings. The number of benzene rings is 1. The number of H-pyrrole nitrogens is 1. The summed E-state index contributed by atoms with van der Waals surface area (Å²) in [5, 5.41) is 3.25. The normalized spacial score (nSPS) is 11.8. The summed E-state index contributed by atoms with van der Waals surface area (Å²) < 4.78 is 0. The lowest BCUT2D eigenvalue weighted by Gasteiger charge is -2.19. The van der Waals surface area contributed by atoms with E-state index in [2.05, 4.69) is 58.2 Å². The molecule has 0 radical (unpaired) electrons. The highest BCUT2D eigenvalue weighted by molar-refractivity contribution is 5.85. The van der Waals surface area contributed by atoms with Gasteiger partial charge >= 0.3 is 0 Å². The van der Waals surface area contributed by atoms with Crippen molar-refractivity contribution in [2.45, 2.75) is 26.2 Å². The zero-order valence-corrected chi connectivity index (χ0v) is 12.3. The number of aromatic amines is 1. The largest absolute Gasteiger partial charge is 0.368 e. The van der Waals surface area contributed by atoms with E-state index in [0.717, 1.165) is 11.2 Å². The van der Waals surface area contributed by atoms with Gasteiger partial charge in [0.2, 0.25) is 5.95 Å². The van der Waals surface area contributed by atoms with Gasteiger partial charge in [-0.2, -0.15) is 9.97 Å². The Kier molecular flexibility index (Phi) is 3.01. The maximum Gasteiger partial charge on any atom is 0.224 e. The molecule has 3 aromatic rings. The Bertz CT molecular complexity index is 767. The third-order valence-corrected chi connectivity index (χ3v) is 3.32. The molecule has 0 unspecified atom stereocenters. The summed E-state index contributed by atoms with van der Waals surface area (Å²) in [4.78, 5) is 15.4. The van der Waals surface area contributed by atoms with Crippen molar-refractivity contribution in [3.05, 3.63) is 36.2 Å². The van der Waals surface area contributed by atoms with Crippen LogP contribution in [0, 0.1) is 0 Å². The van der Waals surface area contributed by atoms with Gasteiger partial charge in [0.15, 0.2) is 11.5 Å². The number of nitrogens with two attached hydrogens (primary N) is 1. The first-order chi connectivity index (χ1) is 9.93. The minimum absolute atomic E-state index is 0.133. The number of nitrogens with zero attached hydrogens (tertiary/aromatic N) is 3. The number of fused-ring (bicyclic) bond motifs is 1. The lowest BCUT2D eigenvalue weighted by Crippen LogP contribution is -2.10. The molecule has 21 heavy (non-hydrogen) atoms. The third kappa shape index (κ3) is 2.65. The second kappa shape index (κ2) is 4.73. The maximum atomic E-state index is 5.70. The summed E-state index contributed by atoms with van der Waals surface area (Å²) in [6.45, 7) is 6.57. The van der Waals surface area contributed by atoms with E-state index >= 15 is 0 Å². The average Bonchev–Trinajstić information content (AvgIpc) is 2.86. The van der Waals surface area contributed by atoms with E-state index in [-0.39, 0.29) is 11.4 Å². The van der Waals surface area contributed by atoms with Gasteiger partial charge in [-0.15, -0.1) is 0 Å². The number of nitrogens with one attached hydrogen (secondary N) is 2. The van der Waals surface area contributed by atoms with Crippen LogP contribution in [0.2, 0.25) is 0 Å². The molecule has 108 valence electrons. The van der Waals surface area contributed by atoms with Crippen LogP contribution in [-0.4, -0.2) is 19.9 Å². The van der Waals surface area contributed by atoms with E-state index in [0.29, 0.717) is 11.5 Å². The maximum absolute atomic E-state index is 5.70. The van der Waals surface area contributed by atoms with E-state index in [1.165, 1.54) is 5.56 Å². The molecule has 2 heterocycles. The highest BCUT2D eigenvalue weighted by Crippen LogP contribution is 2.26. The van der Waals surface area contributed by atoms with Crippen LogP contribution in [0.3, 0.4) is 0 Å². The quantitative estimate of drug-likeness (QED) is 0.672. The fourth-order valence-corrected chi connectivity index (χ4v) is 2.13. The Hall–Kier alpha value is -2.63. The standard InChI is InChI=1S/C15H18N6/c1-15(2,3)9-4-6-10(7-5-9)19-13-11-12(18-8-17-11)20-14(16)21-13/h4-8H,1-3H3,(H4,16,17,18,19,20,21). The molecule has 0 saturated carbocycles. The molecule has 0 aliphatic carbocycles. The second-order valence-electron chi connectivity index (χ2n) is 5.98. The van der Waals surface area contributed by atoms with E-state index < -0.39 is 0 Å². The fourth-order valence-electron chi connectivity index (χ4n) is 2.13. The molecular weight excluding hydrogens is 264 g/mol. The van der Waals surface area contributed by atoms with Gasteiger partial charge in [0.25, 0.3) is 0 Å². The van der Waals surface area contributed by atoms with Crippen LogP contribution < -0.4 is 11.1 Å². The molecule has 0 spiro atoms. The number of aromatic nitrogens is 4. The van der Waals surface area contributed by atoms with Crippen LogP contribution in [-0.2, 0) is 5.41 Å². The van der Waals surface area contributed by atoms with Crippen LogP contribution in [0.5, 0.6) is 0 Å². The number of hydrogen-bond donors (Lipinski definition) is 3. The van der Waals surface area contributed by atoms with Crippen LogP contribution in [0.4, 0.5) is 17.5 Å². The van der Waals surface area contributed by atoms with Crippen molar-refractivity contribution in [3.63, 3.8) is 0 Å². The molecule has 6 heteroatoms. The molecule has 4 N–H and O–H groups in total. The van der Waals surface area contributed by atoms with Gasteiger partial charge in [-0.1, -0.05) is 32.9 Å². The number of hydrogen-bond acceptors (Lipinski definition) is 5. The highest BCUT2D eigenvalue weighted by atomic mass is 15.1. The molecule has 0 bridgehead atoms. The smallest absolute Gasteiger partial charge is 0.224 e. The first-order valence-electron chi connectivity index (χ1n) is 6.77. The molecule has 0 saturated heterocycles. The Morgan fingerprint density at radius 1 is 1.10 bits per heavy atom. The van der Waals surface area contributed by atoms with E-state index in [1.807, 2.05) is 12.1 Å². The van der Waals surface area contributed by atoms with Crippen molar-refractivity contribution in [1.29, 1.82) is 0 Å². The minimum atomic E-state index is 0.133. The Balaban J connectivity index is 1.93. The molecule has 1 aromatic carbocycles. The zero-order valence-electron chi connectivity index (χ0n) is 12.3. The van der Waals surface area contributed by atoms with Gasteiger partial charge < -0.3 is 16.0 Å². The average molecular weight is 282 g/mol. The topological polar surface area (TPSA) is 92.5 Å². The summed E-state index contributed by atoms with van der Waals surface area (Å²) in [6, 6.07) is 8.27. The van der Waals surface area contributed by atoms with Crippen molar-refractivity contribution in [2.75, 3.05) is 11.1 Å². The van der Waals surface area contributed by atoms with E-state index in [1.54, 1.807) is 6.33 Å². The molecule has 6 nitrogen and oxygen atoms in total. The van der Waals surface area contributed by atoms with Crippen LogP contribution in [0.1, 0.15) is 26.3 Å². The summed E-state index contributed by atoms with van der Waals surface area (Å²) in [7, 11) is 0. The number of anilines is 3. The second-order valence-corrected chi connectivity index (χ2v) is 5.98. The van der Waals surface area contributed by atoms with Crippen molar-refractivity contribution < 1.29 is 0 Å². The van der Waals surface area contributed by atoms with Gasteiger partial charge in [-0.05, 0) is 23.1 Å². The first kappa shape index (κ1) is 13.4. The van der Waals surface area contributed by atoms with Crippen molar-refractivity contribution >= 4 is 28.6 Å². The summed E-state index contributed by atoms with van der Waals surface area (Å²) in [6.07, 6.45) is 1.58. The van der Waals surface area contributed by atoms with Crippen molar-refractivity contribution in [2.24, 2.45) is 0 Å². The van der Waals surface area contributed by atoms with Crippen LogP contribution in [0.15, 0.2) is 30.6 Å². The summed E-state index contributed by atoms with van der Waals surface area (Å²) in [5.41, 5.74) is 9.35. The lowest BCUT2D eigenvalue weighted by atomic mass is 9.87. The molecule has 2 aromatic heterocycles. The molecule has 3 rings (SSSR count). The van der Waals surface area contributed by atoms with Crippen molar-refractivity contribution in [3.8, 4) is 0 Å². The van der Waals surface area contributed by atoms with Crippen molar-refractivity contribution in [1.82, 2.24) is 19.9 Å².